The van der Waals surface area contributed by atoms with Crippen molar-refractivity contribution in [2.75, 3.05) is 5.33 Å². The summed E-state index contributed by atoms with van der Waals surface area (Å²) in [5.41, 5.74) is 0.712. The third-order valence-corrected chi connectivity index (χ3v) is 3.02. The summed E-state index contributed by atoms with van der Waals surface area (Å²) in [4.78, 5) is 11.8. The third-order valence-electron chi connectivity index (χ3n) is 2.32. The molecule has 3 heteroatoms. The molecule has 0 saturated heterocycles. The fourth-order valence-corrected chi connectivity index (χ4v) is 2.13. The van der Waals surface area contributed by atoms with Gasteiger partial charge >= 0.3 is 0 Å². The lowest BCUT2D eigenvalue weighted by Crippen LogP contribution is -2.39. The first-order valence-corrected chi connectivity index (χ1v) is 6.19. The van der Waals surface area contributed by atoms with Crippen LogP contribution in [0, 0.1) is 5.92 Å². The lowest BCUT2D eigenvalue weighted by Gasteiger charge is -2.19. The summed E-state index contributed by atoms with van der Waals surface area (Å²) < 4.78 is 0. The number of carbonyl (C=O) groups is 1. The Morgan fingerprint density at radius 3 is 2.40 bits per heavy atom. The van der Waals surface area contributed by atoms with Gasteiger partial charge in [0.15, 0.2) is 0 Å². The van der Waals surface area contributed by atoms with Crippen LogP contribution in [0.3, 0.4) is 0 Å². The molecule has 1 atom stereocenters. The highest BCUT2D eigenvalue weighted by Gasteiger charge is 2.15. The van der Waals surface area contributed by atoms with E-state index in [1.54, 1.807) is 0 Å². The zero-order chi connectivity index (χ0) is 11.3. The van der Waals surface area contributed by atoms with Gasteiger partial charge in [0.25, 0.3) is 5.91 Å². The average molecular weight is 270 g/mol. The minimum absolute atomic E-state index is 0.00579. The lowest BCUT2D eigenvalue weighted by molar-refractivity contribution is 0.0932. The molecule has 1 aromatic rings. The molecule has 1 amide bonds. The number of benzene rings is 1. The number of hydrogen-bond acceptors (Lipinski definition) is 1. The van der Waals surface area contributed by atoms with Crippen molar-refractivity contribution in [3.05, 3.63) is 35.9 Å². The monoisotopic (exact) mass is 269 g/mol. The van der Waals surface area contributed by atoms with E-state index in [0.29, 0.717) is 11.5 Å². The van der Waals surface area contributed by atoms with Crippen LogP contribution in [0.25, 0.3) is 0 Å². The van der Waals surface area contributed by atoms with E-state index in [1.807, 2.05) is 30.3 Å². The van der Waals surface area contributed by atoms with E-state index in [4.69, 9.17) is 0 Å². The summed E-state index contributed by atoms with van der Waals surface area (Å²) in [5, 5.41) is 3.78. The summed E-state index contributed by atoms with van der Waals surface area (Å²) in [7, 11) is 0. The van der Waals surface area contributed by atoms with Crippen molar-refractivity contribution >= 4 is 21.8 Å². The number of halogens is 1. The minimum Gasteiger partial charge on any atom is -0.348 e. The summed E-state index contributed by atoms with van der Waals surface area (Å²) in [6.07, 6.45) is 0. The predicted octanol–water partition coefficient (Wildman–Crippen LogP) is 2.84. The van der Waals surface area contributed by atoms with Gasteiger partial charge in [-0.1, -0.05) is 48.0 Å². The molecule has 0 aliphatic carbocycles. The van der Waals surface area contributed by atoms with Crippen molar-refractivity contribution in [3.63, 3.8) is 0 Å². The smallest absolute Gasteiger partial charge is 0.251 e. The first-order chi connectivity index (χ1) is 7.15. The predicted molar refractivity (Wildman–Crippen MR) is 66.3 cm³/mol. The second-order valence-corrected chi connectivity index (χ2v) is 4.49. The van der Waals surface area contributed by atoms with Gasteiger partial charge < -0.3 is 5.32 Å². The average Bonchev–Trinajstić information content (AvgIpc) is 2.26. The van der Waals surface area contributed by atoms with Crippen LogP contribution in [0.5, 0.6) is 0 Å². The summed E-state index contributed by atoms with van der Waals surface area (Å²) >= 11 is 3.40. The van der Waals surface area contributed by atoms with E-state index in [-0.39, 0.29) is 11.9 Å². The van der Waals surface area contributed by atoms with E-state index in [9.17, 15) is 4.79 Å². The van der Waals surface area contributed by atoms with Gasteiger partial charge in [0, 0.05) is 16.9 Å². The molecular weight excluding hydrogens is 254 g/mol. The van der Waals surface area contributed by atoms with Crippen molar-refractivity contribution in [2.24, 2.45) is 5.92 Å². The van der Waals surface area contributed by atoms with E-state index < -0.39 is 0 Å². The maximum Gasteiger partial charge on any atom is 0.251 e. The normalized spacial score (nSPS) is 12.5. The Morgan fingerprint density at radius 2 is 1.93 bits per heavy atom. The van der Waals surface area contributed by atoms with Gasteiger partial charge in [0.1, 0.15) is 0 Å². The number of hydrogen-bond donors (Lipinski definition) is 1. The van der Waals surface area contributed by atoms with E-state index >= 15 is 0 Å². The van der Waals surface area contributed by atoms with Gasteiger partial charge in [-0.15, -0.1) is 0 Å². The van der Waals surface area contributed by atoms with Crippen molar-refractivity contribution in [2.45, 2.75) is 19.9 Å². The lowest BCUT2D eigenvalue weighted by atomic mass is 10.1. The highest BCUT2D eigenvalue weighted by Crippen LogP contribution is 2.06. The molecule has 0 aliphatic heterocycles. The first kappa shape index (κ1) is 12.2. The van der Waals surface area contributed by atoms with Crippen LogP contribution in [0.15, 0.2) is 30.3 Å². The van der Waals surface area contributed by atoms with Gasteiger partial charge in [0.05, 0.1) is 0 Å². The van der Waals surface area contributed by atoms with Crippen LogP contribution in [0.1, 0.15) is 24.2 Å². The number of alkyl halides is 1. The van der Waals surface area contributed by atoms with Crippen LogP contribution in [0.4, 0.5) is 0 Å². The molecule has 0 aliphatic rings. The van der Waals surface area contributed by atoms with Crippen LogP contribution in [-0.2, 0) is 0 Å². The summed E-state index contributed by atoms with van der Waals surface area (Å²) in [6, 6.07) is 9.46. The molecule has 82 valence electrons. The summed E-state index contributed by atoms with van der Waals surface area (Å²) in [6.45, 7) is 4.19. The molecule has 0 heterocycles. The van der Waals surface area contributed by atoms with Crippen LogP contribution >= 0.6 is 15.9 Å². The van der Waals surface area contributed by atoms with Crippen molar-refractivity contribution in [3.8, 4) is 0 Å². The van der Waals surface area contributed by atoms with Crippen LogP contribution < -0.4 is 5.32 Å². The largest absolute Gasteiger partial charge is 0.348 e. The van der Waals surface area contributed by atoms with Gasteiger partial charge in [-0.3, -0.25) is 4.79 Å². The second kappa shape index (κ2) is 5.91. The Balaban J connectivity index is 2.63. The zero-order valence-corrected chi connectivity index (χ0v) is 10.6. The molecule has 0 spiro atoms. The fraction of sp³-hybridized carbons (Fsp3) is 0.417. The molecular formula is C12H16BrNO. The molecule has 0 radical (unpaired) electrons. The zero-order valence-electron chi connectivity index (χ0n) is 9.03. The molecule has 1 rings (SSSR count). The third kappa shape index (κ3) is 3.67. The Kier molecular flexibility index (Phi) is 4.82. The summed E-state index contributed by atoms with van der Waals surface area (Å²) in [5.74, 6) is 0.422. The van der Waals surface area contributed by atoms with Crippen LogP contribution in [0.2, 0.25) is 0 Å². The Labute approximate surface area is 99.2 Å². The maximum atomic E-state index is 11.8. The molecule has 0 fully saturated rings. The molecule has 2 nitrogen and oxygen atoms in total. The maximum absolute atomic E-state index is 11.8. The highest BCUT2D eigenvalue weighted by atomic mass is 79.9. The first-order valence-electron chi connectivity index (χ1n) is 5.07. The molecule has 1 unspecified atom stereocenters. The Bertz CT molecular complexity index is 311. The van der Waals surface area contributed by atoms with Crippen molar-refractivity contribution in [1.29, 1.82) is 0 Å². The second-order valence-electron chi connectivity index (χ2n) is 3.84. The van der Waals surface area contributed by atoms with Gasteiger partial charge in [-0.25, -0.2) is 0 Å². The fourth-order valence-electron chi connectivity index (χ4n) is 1.22. The standard InChI is InChI=1S/C12H16BrNO/c1-9(2)11(8-13)14-12(15)10-6-4-3-5-7-10/h3-7,9,11H,8H2,1-2H3,(H,14,15). The van der Waals surface area contributed by atoms with Crippen LogP contribution in [-0.4, -0.2) is 17.3 Å². The topological polar surface area (TPSA) is 29.1 Å². The number of carbonyl (C=O) groups excluding carboxylic acids is 1. The van der Waals surface area contributed by atoms with Crippen molar-refractivity contribution < 1.29 is 4.79 Å². The molecule has 1 N–H and O–H groups in total. The SMILES string of the molecule is CC(C)C(CBr)NC(=O)c1ccccc1. The molecule has 0 bridgehead atoms. The number of amides is 1. The van der Waals surface area contributed by atoms with E-state index in [1.165, 1.54) is 0 Å². The van der Waals surface area contributed by atoms with Gasteiger partial charge in [-0.05, 0) is 18.1 Å². The molecule has 0 saturated carbocycles. The molecule has 1 aromatic carbocycles. The number of rotatable bonds is 4. The Hall–Kier alpha value is -0.830. The number of nitrogens with one attached hydrogen (secondary N) is 1. The Morgan fingerprint density at radius 1 is 1.33 bits per heavy atom. The molecule has 0 aromatic heterocycles. The van der Waals surface area contributed by atoms with Gasteiger partial charge in [-0.2, -0.15) is 0 Å². The van der Waals surface area contributed by atoms with Gasteiger partial charge in [0.2, 0.25) is 0 Å². The highest BCUT2D eigenvalue weighted by molar-refractivity contribution is 9.09. The van der Waals surface area contributed by atoms with Crippen molar-refractivity contribution in [1.82, 2.24) is 5.32 Å². The van der Waals surface area contributed by atoms with E-state index in [2.05, 4.69) is 35.1 Å². The molecule has 15 heavy (non-hydrogen) atoms. The van der Waals surface area contributed by atoms with E-state index in [0.717, 1.165) is 5.33 Å². The quantitative estimate of drug-likeness (QED) is 0.837. The minimum atomic E-state index is -0.00579.